The van der Waals surface area contributed by atoms with Gasteiger partial charge in [-0.1, -0.05) is 0 Å². The number of amides is 1. The molecule has 1 amide bonds. The maximum Gasteiger partial charge on any atom is 0.410 e. The third-order valence-electron chi connectivity index (χ3n) is 3.63. The largest absolute Gasteiger partial charge is 0.444 e. The minimum absolute atomic E-state index is 0.333. The van der Waals surface area contributed by atoms with Crippen LogP contribution in [0.1, 0.15) is 37.6 Å². The molecule has 3 heterocycles. The van der Waals surface area contributed by atoms with Crippen molar-refractivity contribution >= 4 is 18.0 Å². The van der Waals surface area contributed by atoms with Gasteiger partial charge in [-0.2, -0.15) is 23.4 Å². The number of aryl methyl sites for hydroxylation is 1. The molecule has 0 atom stereocenters. The molecule has 11 heteroatoms. The lowest BCUT2D eigenvalue weighted by Gasteiger charge is -2.24. The smallest absolute Gasteiger partial charge is 0.410 e. The summed E-state index contributed by atoms with van der Waals surface area (Å²) in [6.45, 7) is 6.69. The number of hydrogen-bond donors (Lipinski definition) is 0. The van der Waals surface area contributed by atoms with Gasteiger partial charge in [0.25, 0.3) is 0 Å². The van der Waals surface area contributed by atoms with Crippen LogP contribution >= 0.6 is 11.9 Å². The van der Waals surface area contributed by atoms with Crippen LogP contribution in [0.5, 0.6) is 0 Å². The van der Waals surface area contributed by atoms with Crippen molar-refractivity contribution in [2.24, 2.45) is 0 Å². The van der Waals surface area contributed by atoms with E-state index in [2.05, 4.69) is 10.2 Å². The SMILES string of the molecule is Cc1cn(CC(F)(F)F)nc1Sn1cc2c(n1)CN(C(=O)OC(C)(C)C)C2. The lowest BCUT2D eigenvalue weighted by atomic mass is 10.2. The predicted molar refractivity (Wildman–Crippen MR) is 92.0 cm³/mol. The molecule has 1 aliphatic rings. The molecule has 0 saturated carbocycles. The van der Waals surface area contributed by atoms with Crippen LogP contribution in [0, 0.1) is 6.92 Å². The Kier molecular flexibility index (Phi) is 4.91. The summed E-state index contributed by atoms with van der Waals surface area (Å²) in [6.07, 6.45) is -1.61. The predicted octanol–water partition coefficient (Wildman–Crippen LogP) is 3.76. The van der Waals surface area contributed by atoms with Crippen molar-refractivity contribution in [1.29, 1.82) is 0 Å². The molecule has 148 valence electrons. The molecule has 0 saturated heterocycles. The Morgan fingerprint density at radius 3 is 2.52 bits per heavy atom. The summed E-state index contributed by atoms with van der Waals surface area (Å²) in [5, 5.41) is 8.82. The zero-order valence-electron chi connectivity index (χ0n) is 15.4. The Hall–Kier alpha value is -2.17. The Labute approximate surface area is 158 Å². The van der Waals surface area contributed by atoms with Gasteiger partial charge in [0, 0.05) is 35.5 Å². The van der Waals surface area contributed by atoms with E-state index >= 15 is 0 Å². The van der Waals surface area contributed by atoms with E-state index in [1.54, 1.807) is 42.9 Å². The topological polar surface area (TPSA) is 65.2 Å². The van der Waals surface area contributed by atoms with Crippen molar-refractivity contribution in [3.05, 3.63) is 29.2 Å². The Balaban J connectivity index is 1.65. The number of hydrogen-bond acceptors (Lipinski definition) is 5. The highest BCUT2D eigenvalue weighted by Gasteiger charge is 2.31. The molecule has 0 spiro atoms. The third kappa shape index (κ3) is 4.96. The molecule has 0 bridgehead atoms. The van der Waals surface area contributed by atoms with Gasteiger partial charge in [-0.15, -0.1) is 0 Å². The van der Waals surface area contributed by atoms with E-state index in [4.69, 9.17) is 4.74 Å². The van der Waals surface area contributed by atoms with E-state index in [1.807, 2.05) is 0 Å². The standard InChI is InChI=1S/C16H20F3N5O2S/c1-10-5-23(9-16(17,18)19)21-13(10)27-24-7-11-6-22(8-12(11)20-24)14(25)26-15(2,3)4/h5,7H,6,8-9H2,1-4H3. The summed E-state index contributed by atoms with van der Waals surface area (Å²) in [4.78, 5) is 13.7. The second-order valence-corrected chi connectivity index (χ2v) is 8.30. The van der Waals surface area contributed by atoms with Gasteiger partial charge in [0.15, 0.2) is 0 Å². The van der Waals surface area contributed by atoms with Crippen LogP contribution in [-0.2, 0) is 24.4 Å². The lowest BCUT2D eigenvalue weighted by molar-refractivity contribution is -0.142. The van der Waals surface area contributed by atoms with Crippen LogP contribution in [0.2, 0.25) is 0 Å². The molecular weight excluding hydrogens is 383 g/mol. The summed E-state index contributed by atoms with van der Waals surface area (Å²) >= 11 is 1.14. The molecule has 0 unspecified atom stereocenters. The maximum absolute atomic E-state index is 12.5. The summed E-state index contributed by atoms with van der Waals surface area (Å²) in [6, 6.07) is 0. The molecule has 7 nitrogen and oxygen atoms in total. The summed E-state index contributed by atoms with van der Waals surface area (Å²) in [5.74, 6) is 0. The van der Waals surface area contributed by atoms with E-state index in [0.717, 1.165) is 27.9 Å². The molecule has 0 fully saturated rings. The van der Waals surface area contributed by atoms with E-state index < -0.39 is 24.4 Å². The number of carbonyl (C=O) groups is 1. The van der Waals surface area contributed by atoms with Crippen LogP contribution < -0.4 is 0 Å². The van der Waals surface area contributed by atoms with Gasteiger partial charge >= 0.3 is 12.3 Å². The highest BCUT2D eigenvalue weighted by Crippen LogP contribution is 2.28. The van der Waals surface area contributed by atoms with Crippen LogP contribution in [0.4, 0.5) is 18.0 Å². The number of fused-ring (bicyclic) bond motifs is 1. The molecule has 3 rings (SSSR count). The minimum Gasteiger partial charge on any atom is -0.444 e. The van der Waals surface area contributed by atoms with Crippen molar-refractivity contribution in [3.8, 4) is 0 Å². The molecular formula is C16H20F3N5O2S. The quantitative estimate of drug-likeness (QED) is 0.781. The van der Waals surface area contributed by atoms with Crippen molar-refractivity contribution in [2.45, 2.75) is 64.1 Å². The normalized spacial score (nSPS) is 14.6. The Bertz CT molecular complexity index is 830. The molecule has 2 aromatic rings. The van der Waals surface area contributed by atoms with Gasteiger partial charge in [0.05, 0.1) is 18.8 Å². The number of alkyl halides is 3. The van der Waals surface area contributed by atoms with E-state index in [1.165, 1.54) is 6.20 Å². The van der Waals surface area contributed by atoms with E-state index in [0.29, 0.717) is 23.7 Å². The average Bonchev–Trinajstić information content (AvgIpc) is 3.09. The number of ether oxygens (including phenoxy) is 1. The van der Waals surface area contributed by atoms with Gasteiger partial charge in [0.2, 0.25) is 0 Å². The molecule has 0 aromatic carbocycles. The number of aromatic nitrogens is 4. The second-order valence-electron chi connectivity index (χ2n) is 7.36. The fourth-order valence-electron chi connectivity index (χ4n) is 2.58. The molecule has 1 aliphatic heterocycles. The zero-order valence-corrected chi connectivity index (χ0v) is 16.2. The highest BCUT2D eigenvalue weighted by molar-refractivity contribution is 7.97. The molecule has 27 heavy (non-hydrogen) atoms. The first kappa shape index (κ1) is 19.6. The summed E-state index contributed by atoms with van der Waals surface area (Å²) < 4.78 is 45.3. The Morgan fingerprint density at radius 1 is 1.22 bits per heavy atom. The molecule has 0 N–H and O–H groups in total. The number of nitrogens with zero attached hydrogens (tertiary/aromatic N) is 5. The van der Waals surface area contributed by atoms with Gasteiger partial charge in [0.1, 0.15) is 17.2 Å². The van der Waals surface area contributed by atoms with Gasteiger partial charge in [-0.3, -0.25) is 9.58 Å². The summed E-state index contributed by atoms with van der Waals surface area (Å²) in [5.41, 5.74) is 1.68. The molecule has 2 aromatic heterocycles. The third-order valence-corrected chi connectivity index (χ3v) is 4.58. The average molecular weight is 403 g/mol. The van der Waals surface area contributed by atoms with E-state index in [9.17, 15) is 18.0 Å². The van der Waals surface area contributed by atoms with Gasteiger partial charge < -0.3 is 4.74 Å². The maximum atomic E-state index is 12.5. The Morgan fingerprint density at radius 2 is 1.93 bits per heavy atom. The first-order valence-corrected chi connectivity index (χ1v) is 9.01. The first-order chi connectivity index (χ1) is 12.4. The first-order valence-electron chi connectivity index (χ1n) is 8.24. The minimum atomic E-state index is -4.32. The van der Waals surface area contributed by atoms with Gasteiger partial charge in [-0.05, 0) is 27.7 Å². The van der Waals surface area contributed by atoms with Crippen molar-refractivity contribution in [2.75, 3.05) is 0 Å². The number of carbonyl (C=O) groups excluding carboxylic acids is 1. The summed E-state index contributed by atoms with van der Waals surface area (Å²) in [7, 11) is 0. The van der Waals surface area contributed by atoms with Crippen LogP contribution in [0.25, 0.3) is 0 Å². The van der Waals surface area contributed by atoms with Crippen molar-refractivity contribution in [3.63, 3.8) is 0 Å². The number of rotatable bonds is 3. The van der Waals surface area contributed by atoms with Crippen LogP contribution in [0.15, 0.2) is 17.4 Å². The zero-order chi connectivity index (χ0) is 20.0. The van der Waals surface area contributed by atoms with E-state index in [-0.39, 0.29) is 0 Å². The molecule has 0 aliphatic carbocycles. The van der Waals surface area contributed by atoms with Crippen molar-refractivity contribution in [1.82, 2.24) is 23.9 Å². The van der Waals surface area contributed by atoms with Crippen molar-refractivity contribution < 1.29 is 22.7 Å². The fraction of sp³-hybridized carbons (Fsp3) is 0.562. The second kappa shape index (κ2) is 6.77. The number of halogens is 3. The molecule has 0 radical (unpaired) electrons. The van der Waals surface area contributed by atoms with Crippen LogP contribution in [0.3, 0.4) is 0 Å². The highest BCUT2D eigenvalue weighted by atomic mass is 32.2. The van der Waals surface area contributed by atoms with Crippen LogP contribution in [-0.4, -0.2) is 41.7 Å². The fourth-order valence-corrected chi connectivity index (χ4v) is 3.41. The van der Waals surface area contributed by atoms with Gasteiger partial charge in [-0.25, -0.2) is 8.88 Å². The lowest BCUT2D eigenvalue weighted by Crippen LogP contribution is -2.33. The monoisotopic (exact) mass is 403 g/mol.